The quantitative estimate of drug-likeness (QED) is 0.922. The number of hydrogen-bond donors (Lipinski definition) is 1. The molecule has 1 fully saturated rings. The first-order valence-corrected chi connectivity index (χ1v) is 8.49. The normalized spacial score (nSPS) is 20.0. The van der Waals surface area contributed by atoms with Gasteiger partial charge in [-0.2, -0.15) is 17.5 Å². The monoisotopic (exact) mass is 336 g/mol. The van der Waals surface area contributed by atoms with Crippen LogP contribution >= 0.6 is 0 Å². The van der Waals surface area contributed by atoms with Crippen molar-refractivity contribution < 1.29 is 21.6 Å². The minimum absolute atomic E-state index is 0.0154. The van der Waals surface area contributed by atoms with Crippen molar-refractivity contribution in [1.29, 1.82) is 0 Å². The van der Waals surface area contributed by atoms with Gasteiger partial charge in [0.05, 0.1) is 10.5 Å². The van der Waals surface area contributed by atoms with Gasteiger partial charge in [-0.05, 0) is 43.9 Å². The van der Waals surface area contributed by atoms with Crippen LogP contribution in [0.15, 0.2) is 29.2 Å². The molecule has 0 aliphatic carbocycles. The highest BCUT2D eigenvalue weighted by molar-refractivity contribution is 7.89. The van der Waals surface area contributed by atoms with Gasteiger partial charge in [0.25, 0.3) is 0 Å². The summed E-state index contributed by atoms with van der Waals surface area (Å²) < 4.78 is 64.3. The summed E-state index contributed by atoms with van der Waals surface area (Å²) in [5.74, 6) is 0.243. The molecule has 2 N–H and O–H groups in total. The standard InChI is InChI=1S/C14H19F3N2O2S/c1-10(18)11-5-7-19(8-6-11)22(20,21)13-4-2-3-12(9-13)14(15,16)17/h2-4,9-11H,5-8,18H2,1H3. The molecule has 124 valence electrons. The molecule has 0 bridgehead atoms. The maximum absolute atomic E-state index is 12.7. The molecule has 1 saturated heterocycles. The van der Waals surface area contributed by atoms with Crippen molar-refractivity contribution in [2.24, 2.45) is 11.7 Å². The fraction of sp³-hybridized carbons (Fsp3) is 0.571. The molecule has 4 nitrogen and oxygen atoms in total. The Labute approximate surface area is 128 Å². The molecular formula is C14H19F3N2O2S. The highest BCUT2D eigenvalue weighted by Gasteiger charge is 2.34. The molecule has 22 heavy (non-hydrogen) atoms. The fourth-order valence-corrected chi connectivity index (χ4v) is 4.14. The molecule has 0 saturated carbocycles. The maximum Gasteiger partial charge on any atom is 0.416 e. The number of nitrogens with zero attached hydrogens (tertiary/aromatic N) is 1. The van der Waals surface area contributed by atoms with Gasteiger partial charge in [-0.15, -0.1) is 0 Å². The predicted molar refractivity (Wildman–Crippen MR) is 76.6 cm³/mol. The zero-order valence-electron chi connectivity index (χ0n) is 12.2. The van der Waals surface area contributed by atoms with E-state index in [1.807, 2.05) is 6.92 Å². The van der Waals surface area contributed by atoms with Gasteiger partial charge in [0.1, 0.15) is 0 Å². The third-order valence-electron chi connectivity index (χ3n) is 4.04. The zero-order chi connectivity index (χ0) is 16.5. The van der Waals surface area contributed by atoms with E-state index in [0.717, 1.165) is 12.1 Å². The van der Waals surface area contributed by atoms with Crippen LogP contribution in [-0.4, -0.2) is 31.9 Å². The first kappa shape index (κ1) is 17.2. The van der Waals surface area contributed by atoms with Crippen molar-refractivity contribution in [2.75, 3.05) is 13.1 Å². The molecule has 2 rings (SSSR count). The van der Waals surface area contributed by atoms with Crippen molar-refractivity contribution >= 4 is 10.0 Å². The lowest BCUT2D eigenvalue weighted by atomic mass is 9.92. The Kier molecular flexibility index (Phi) is 4.84. The Balaban J connectivity index is 2.21. The van der Waals surface area contributed by atoms with Crippen LogP contribution in [-0.2, 0) is 16.2 Å². The number of rotatable bonds is 3. The average Bonchev–Trinajstić information content (AvgIpc) is 2.46. The van der Waals surface area contributed by atoms with Crippen molar-refractivity contribution in [3.8, 4) is 0 Å². The smallest absolute Gasteiger partial charge is 0.328 e. The summed E-state index contributed by atoms with van der Waals surface area (Å²) in [6.45, 7) is 2.44. The lowest BCUT2D eigenvalue weighted by Crippen LogP contribution is -2.42. The molecule has 0 aromatic heterocycles. The van der Waals surface area contributed by atoms with E-state index < -0.39 is 21.8 Å². The molecule has 1 atom stereocenters. The van der Waals surface area contributed by atoms with Crippen LogP contribution in [0.1, 0.15) is 25.3 Å². The first-order chi connectivity index (χ1) is 10.1. The summed E-state index contributed by atoms with van der Waals surface area (Å²) in [7, 11) is -3.90. The lowest BCUT2D eigenvalue weighted by Gasteiger charge is -2.33. The molecule has 1 aromatic rings. The topological polar surface area (TPSA) is 63.4 Å². The summed E-state index contributed by atoms with van der Waals surface area (Å²) in [4.78, 5) is -0.318. The molecule has 0 radical (unpaired) electrons. The highest BCUT2D eigenvalue weighted by Crippen LogP contribution is 2.32. The predicted octanol–water partition coefficient (Wildman–Crippen LogP) is 2.45. The second kappa shape index (κ2) is 6.17. The second-order valence-corrected chi connectivity index (χ2v) is 7.56. The molecular weight excluding hydrogens is 317 g/mol. The largest absolute Gasteiger partial charge is 0.416 e. The third kappa shape index (κ3) is 3.61. The third-order valence-corrected chi connectivity index (χ3v) is 5.94. The Morgan fingerprint density at radius 2 is 1.86 bits per heavy atom. The summed E-state index contributed by atoms with van der Waals surface area (Å²) in [6.07, 6.45) is -3.32. The minimum Gasteiger partial charge on any atom is -0.328 e. The van der Waals surface area contributed by atoms with Gasteiger partial charge < -0.3 is 5.73 Å². The van der Waals surface area contributed by atoms with Gasteiger partial charge in [-0.25, -0.2) is 8.42 Å². The van der Waals surface area contributed by atoms with E-state index in [9.17, 15) is 21.6 Å². The average molecular weight is 336 g/mol. The molecule has 8 heteroatoms. The highest BCUT2D eigenvalue weighted by atomic mass is 32.2. The van der Waals surface area contributed by atoms with Crippen molar-refractivity contribution in [3.05, 3.63) is 29.8 Å². The molecule has 1 heterocycles. The van der Waals surface area contributed by atoms with Gasteiger partial charge in [0.2, 0.25) is 10.0 Å². The number of sulfonamides is 1. The van der Waals surface area contributed by atoms with Gasteiger partial charge in [-0.1, -0.05) is 6.07 Å². The number of hydrogen-bond acceptors (Lipinski definition) is 3. The van der Waals surface area contributed by atoms with Gasteiger partial charge >= 0.3 is 6.18 Å². The number of alkyl halides is 3. The number of halogens is 3. The van der Waals surface area contributed by atoms with E-state index in [-0.39, 0.29) is 29.9 Å². The summed E-state index contributed by atoms with van der Waals surface area (Å²) >= 11 is 0. The number of piperidine rings is 1. The Morgan fingerprint density at radius 3 is 2.36 bits per heavy atom. The summed E-state index contributed by atoms with van der Waals surface area (Å²) in [5, 5.41) is 0. The van der Waals surface area contributed by atoms with E-state index >= 15 is 0 Å². The SMILES string of the molecule is CC(N)C1CCN(S(=O)(=O)c2cccc(C(F)(F)F)c2)CC1. The van der Waals surface area contributed by atoms with Crippen LogP contribution in [0.2, 0.25) is 0 Å². The van der Waals surface area contributed by atoms with Crippen molar-refractivity contribution in [3.63, 3.8) is 0 Å². The van der Waals surface area contributed by atoms with Crippen LogP contribution in [0.3, 0.4) is 0 Å². The van der Waals surface area contributed by atoms with Gasteiger partial charge in [0.15, 0.2) is 0 Å². The Hall–Kier alpha value is -1.12. The first-order valence-electron chi connectivity index (χ1n) is 7.05. The fourth-order valence-electron chi connectivity index (χ4n) is 2.62. The second-order valence-electron chi connectivity index (χ2n) is 5.63. The van der Waals surface area contributed by atoms with E-state index in [4.69, 9.17) is 5.73 Å². The Morgan fingerprint density at radius 1 is 1.27 bits per heavy atom. The van der Waals surface area contributed by atoms with Crippen LogP contribution in [0, 0.1) is 5.92 Å². The van der Waals surface area contributed by atoms with E-state index in [0.29, 0.717) is 18.9 Å². The van der Waals surface area contributed by atoms with Crippen molar-refractivity contribution in [2.45, 2.75) is 36.9 Å². The van der Waals surface area contributed by atoms with Crippen LogP contribution in [0.25, 0.3) is 0 Å². The molecule has 1 aliphatic heterocycles. The van der Waals surface area contributed by atoms with Crippen molar-refractivity contribution in [1.82, 2.24) is 4.31 Å². The zero-order valence-corrected chi connectivity index (χ0v) is 13.0. The molecule has 0 amide bonds. The van der Waals surface area contributed by atoms with Crippen LogP contribution in [0.5, 0.6) is 0 Å². The van der Waals surface area contributed by atoms with Crippen LogP contribution in [0.4, 0.5) is 13.2 Å². The molecule has 1 aliphatic rings. The van der Waals surface area contributed by atoms with Crippen LogP contribution < -0.4 is 5.73 Å². The summed E-state index contributed by atoms with van der Waals surface area (Å²) in [6, 6.07) is 3.85. The molecule has 1 aromatic carbocycles. The Bertz CT molecular complexity index is 621. The van der Waals surface area contributed by atoms with E-state index in [1.54, 1.807) is 0 Å². The lowest BCUT2D eigenvalue weighted by molar-refractivity contribution is -0.137. The number of nitrogens with two attached hydrogens (primary N) is 1. The van der Waals surface area contributed by atoms with Gasteiger partial charge in [-0.3, -0.25) is 0 Å². The summed E-state index contributed by atoms with van der Waals surface area (Å²) in [5.41, 5.74) is 4.85. The molecule has 1 unspecified atom stereocenters. The van der Waals surface area contributed by atoms with E-state index in [2.05, 4.69) is 0 Å². The van der Waals surface area contributed by atoms with E-state index in [1.165, 1.54) is 10.4 Å². The number of benzene rings is 1. The maximum atomic E-state index is 12.7. The molecule has 0 spiro atoms. The minimum atomic E-state index is -4.56. The van der Waals surface area contributed by atoms with Gasteiger partial charge in [0, 0.05) is 19.1 Å².